The highest BCUT2D eigenvalue weighted by Gasteiger charge is 2.23. The lowest BCUT2D eigenvalue weighted by Gasteiger charge is -2.37. The van der Waals surface area contributed by atoms with Crippen LogP contribution in [0.3, 0.4) is 0 Å². The van der Waals surface area contributed by atoms with Gasteiger partial charge in [-0.1, -0.05) is 0 Å². The molecule has 4 nitrogen and oxygen atoms in total. The van der Waals surface area contributed by atoms with Gasteiger partial charge in [-0.15, -0.1) is 0 Å². The molecule has 0 unspecified atom stereocenters. The Morgan fingerprint density at radius 1 is 1.37 bits per heavy atom. The third-order valence-corrected chi connectivity index (χ3v) is 4.54. The number of nitrogens with zero attached hydrogens (tertiary/aromatic N) is 3. The minimum Gasteiger partial charge on any atom is -0.348 e. The van der Waals surface area contributed by atoms with E-state index in [2.05, 4.69) is 33.6 Å². The second-order valence-electron chi connectivity index (χ2n) is 5.33. The van der Waals surface area contributed by atoms with E-state index in [-0.39, 0.29) is 5.91 Å². The van der Waals surface area contributed by atoms with E-state index in [0.29, 0.717) is 12.6 Å². The van der Waals surface area contributed by atoms with E-state index in [1.807, 2.05) is 14.1 Å². The Balaban J connectivity index is 1.81. The molecule has 0 N–H and O–H groups in total. The number of carbonyl (C=O) groups is 1. The lowest BCUT2D eigenvalue weighted by Crippen LogP contribution is -2.49. The molecule has 0 aliphatic carbocycles. The monoisotopic (exact) mass is 281 g/mol. The molecule has 5 heteroatoms. The van der Waals surface area contributed by atoms with Crippen molar-refractivity contribution in [2.24, 2.45) is 0 Å². The average molecular weight is 281 g/mol. The first-order valence-corrected chi connectivity index (χ1v) is 7.71. The second kappa shape index (κ2) is 6.50. The Labute approximate surface area is 119 Å². The van der Waals surface area contributed by atoms with Gasteiger partial charge < -0.3 is 4.90 Å². The lowest BCUT2D eigenvalue weighted by molar-refractivity contribution is -0.130. The van der Waals surface area contributed by atoms with E-state index >= 15 is 0 Å². The normalized spacial score (nSPS) is 19.3. The van der Waals surface area contributed by atoms with Gasteiger partial charge >= 0.3 is 0 Å². The van der Waals surface area contributed by atoms with Crippen molar-refractivity contribution in [3.63, 3.8) is 0 Å². The van der Waals surface area contributed by atoms with Crippen molar-refractivity contribution in [1.82, 2.24) is 14.7 Å². The summed E-state index contributed by atoms with van der Waals surface area (Å²) in [5.41, 5.74) is 1.41. The van der Waals surface area contributed by atoms with Gasteiger partial charge in [0.2, 0.25) is 5.91 Å². The van der Waals surface area contributed by atoms with E-state index in [0.717, 1.165) is 26.2 Å². The van der Waals surface area contributed by atoms with Gasteiger partial charge in [0, 0.05) is 46.3 Å². The molecule has 1 aliphatic heterocycles. The van der Waals surface area contributed by atoms with E-state index < -0.39 is 0 Å². The summed E-state index contributed by atoms with van der Waals surface area (Å²) in [5, 5.41) is 4.37. The molecule has 1 aromatic rings. The van der Waals surface area contributed by atoms with Crippen molar-refractivity contribution in [3.8, 4) is 0 Å². The first kappa shape index (κ1) is 14.5. The van der Waals surface area contributed by atoms with Crippen LogP contribution in [0.1, 0.15) is 18.5 Å². The maximum atomic E-state index is 11.7. The highest BCUT2D eigenvalue weighted by atomic mass is 32.1. The summed E-state index contributed by atoms with van der Waals surface area (Å²) in [6.45, 7) is 6.86. The zero-order chi connectivity index (χ0) is 13.8. The zero-order valence-electron chi connectivity index (χ0n) is 12.0. The van der Waals surface area contributed by atoms with Gasteiger partial charge in [-0.25, -0.2) is 0 Å². The van der Waals surface area contributed by atoms with Crippen LogP contribution in [0, 0.1) is 0 Å². The number of carbonyl (C=O) groups excluding carboxylic acids is 1. The number of thiophene rings is 1. The van der Waals surface area contributed by atoms with Crippen molar-refractivity contribution >= 4 is 17.2 Å². The molecule has 19 heavy (non-hydrogen) atoms. The summed E-state index contributed by atoms with van der Waals surface area (Å²) in [5.74, 6) is 0.194. The van der Waals surface area contributed by atoms with Crippen LogP contribution in [-0.4, -0.2) is 67.4 Å². The fourth-order valence-electron chi connectivity index (χ4n) is 2.36. The quantitative estimate of drug-likeness (QED) is 0.837. The smallest absolute Gasteiger partial charge is 0.236 e. The fraction of sp³-hybridized carbons (Fsp3) is 0.643. The minimum absolute atomic E-state index is 0.194. The third-order valence-electron chi connectivity index (χ3n) is 3.84. The maximum Gasteiger partial charge on any atom is 0.236 e. The van der Waals surface area contributed by atoms with Crippen molar-refractivity contribution in [2.75, 3.05) is 46.8 Å². The van der Waals surface area contributed by atoms with Crippen LogP contribution in [0.4, 0.5) is 0 Å². The summed E-state index contributed by atoms with van der Waals surface area (Å²) >= 11 is 1.76. The lowest BCUT2D eigenvalue weighted by atomic mass is 10.1. The van der Waals surface area contributed by atoms with Gasteiger partial charge in [0.05, 0.1) is 6.54 Å². The summed E-state index contributed by atoms with van der Waals surface area (Å²) in [6.07, 6.45) is 0. The number of piperazine rings is 1. The molecule has 1 saturated heterocycles. The molecule has 106 valence electrons. The predicted molar refractivity (Wildman–Crippen MR) is 79.4 cm³/mol. The molecular formula is C14H23N3OS. The Morgan fingerprint density at radius 2 is 2.05 bits per heavy atom. The summed E-state index contributed by atoms with van der Waals surface area (Å²) < 4.78 is 0. The van der Waals surface area contributed by atoms with Crippen LogP contribution in [0.25, 0.3) is 0 Å². The number of likely N-dealkylation sites (N-methyl/N-ethyl adjacent to an activating group) is 1. The Hall–Kier alpha value is -0.910. The largest absolute Gasteiger partial charge is 0.348 e. The SMILES string of the molecule is C[C@H](c1ccsc1)N1CCN(CC(=O)N(C)C)CC1. The standard InChI is InChI=1S/C14H23N3OS/c1-12(13-4-9-19-11-13)17-7-5-16(6-8-17)10-14(18)15(2)3/h4,9,11-12H,5-8,10H2,1-3H3/t12-/m1/s1. The van der Waals surface area contributed by atoms with E-state index in [1.165, 1.54) is 5.56 Å². The molecule has 1 fully saturated rings. The van der Waals surface area contributed by atoms with Gasteiger partial charge in [-0.3, -0.25) is 14.6 Å². The first-order valence-electron chi connectivity index (χ1n) is 6.76. The molecule has 1 amide bonds. The predicted octanol–water partition coefficient (Wildman–Crippen LogP) is 1.51. The molecule has 0 aromatic carbocycles. The van der Waals surface area contributed by atoms with Crippen molar-refractivity contribution in [3.05, 3.63) is 22.4 Å². The molecule has 0 saturated carbocycles. The summed E-state index contributed by atoms with van der Waals surface area (Å²) in [6, 6.07) is 2.69. The van der Waals surface area contributed by atoms with Gasteiger partial charge in [0.15, 0.2) is 0 Å². The molecule has 0 bridgehead atoms. The summed E-state index contributed by atoms with van der Waals surface area (Å²) in [7, 11) is 3.63. The van der Waals surface area contributed by atoms with E-state index in [9.17, 15) is 4.79 Å². The average Bonchev–Trinajstić information content (AvgIpc) is 2.92. The van der Waals surface area contributed by atoms with Crippen molar-refractivity contribution in [1.29, 1.82) is 0 Å². The first-order chi connectivity index (χ1) is 9.08. The van der Waals surface area contributed by atoms with E-state index in [4.69, 9.17) is 0 Å². The summed E-state index contributed by atoms with van der Waals surface area (Å²) in [4.78, 5) is 18.1. The van der Waals surface area contributed by atoms with Gasteiger partial charge in [-0.2, -0.15) is 11.3 Å². The molecule has 2 rings (SSSR count). The topological polar surface area (TPSA) is 26.8 Å². The van der Waals surface area contributed by atoms with Crippen LogP contribution in [-0.2, 0) is 4.79 Å². The Bertz CT molecular complexity index is 397. The molecule has 1 atom stereocenters. The van der Waals surface area contributed by atoms with Gasteiger partial charge in [0.25, 0.3) is 0 Å². The van der Waals surface area contributed by atoms with Crippen LogP contribution >= 0.6 is 11.3 Å². The molecular weight excluding hydrogens is 258 g/mol. The minimum atomic E-state index is 0.194. The van der Waals surface area contributed by atoms with Crippen molar-refractivity contribution in [2.45, 2.75) is 13.0 Å². The highest BCUT2D eigenvalue weighted by molar-refractivity contribution is 7.07. The molecule has 0 spiro atoms. The number of hydrogen-bond acceptors (Lipinski definition) is 4. The number of amides is 1. The Morgan fingerprint density at radius 3 is 2.58 bits per heavy atom. The second-order valence-corrected chi connectivity index (χ2v) is 6.11. The molecule has 1 aromatic heterocycles. The Kier molecular flexibility index (Phi) is 4.96. The zero-order valence-corrected chi connectivity index (χ0v) is 12.8. The maximum absolute atomic E-state index is 11.7. The van der Waals surface area contributed by atoms with Crippen molar-refractivity contribution < 1.29 is 4.79 Å². The number of rotatable bonds is 4. The van der Waals surface area contributed by atoms with Crippen LogP contribution in [0.5, 0.6) is 0 Å². The molecule has 0 radical (unpaired) electrons. The third kappa shape index (κ3) is 3.78. The van der Waals surface area contributed by atoms with Crippen LogP contribution in [0.15, 0.2) is 16.8 Å². The highest BCUT2D eigenvalue weighted by Crippen LogP contribution is 2.23. The number of hydrogen-bond donors (Lipinski definition) is 0. The van der Waals surface area contributed by atoms with Crippen LogP contribution < -0.4 is 0 Å². The van der Waals surface area contributed by atoms with Gasteiger partial charge in [0.1, 0.15) is 0 Å². The fourth-order valence-corrected chi connectivity index (χ4v) is 3.11. The molecule has 2 heterocycles. The molecule has 1 aliphatic rings. The van der Waals surface area contributed by atoms with E-state index in [1.54, 1.807) is 16.2 Å². The van der Waals surface area contributed by atoms with Crippen LogP contribution in [0.2, 0.25) is 0 Å². The van der Waals surface area contributed by atoms with Gasteiger partial charge in [-0.05, 0) is 29.3 Å².